The highest BCUT2D eigenvalue weighted by Crippen LogP contribution is 2.33. The molecule has 0 spiro atoms. The fourth-order valence-electron chi connectivity index (χ4n) is 2.14. The van der Waals surface area contributed by atoms with E-state index < -0.39 is 24.2 Å². The molecular weight excluding hydrogens is 372 g/mol. The van der Waals surface area contributed by atoms with E-state index in [9.17, 15) is 22.4 Å². The van der Waals surface area contributed by atoms with E-state index >= 15 is 0 Å². The molecule has 1 heterocycles. The van der Waals surface area contributed by atoms with E-state index in [4.69, 9.17) is 0 Å². The number of rotatable bonds is 5. The van der Waals surface area contributed by atoms with Gasteiger partial charge in [0, 0.05) is 16.5 Å². The third kappa shape index (κ3) is 3.99. The largest absolute Gasteiger partial charge is 0.434 e. The molecule has 134 valence electrons. The highest BCUT2D eigenvalue weighted by Gasteiger charge is 2.15. The van der Waals surface area contributed by atoms with Crippen LogP contribution in [0.25, 0.3) is 11.3 Å². The smallest absolute Gasteiger partial charge is 0.387 e. The number of carbonyl (C=O) groups excluding carboxylic acids is 1. The lowest BCUT2D eigenvalue weighted by Crippen LogP contribution is -2.12. The van der Waals surface area contributed by atoms with Gasteiger partial charge in [0.15, 0.2) is 16.8 Å². The zero-order valence-corrected chi connectivity index (χ0v) is 13.7. The zero-order valence-electron chi connectivity index (χ0n) is 12.9. The molecular formula is C17H10F4N2O2S. The predicted molar refractivity (Wildman–Crippen MR) is 88.5 cm³/mol. The molecule has 0 atom stereocenters. The van der Waals surface area contributed by atoms with Crippen molar-refractivity contribution >= 4 is 22.4 Å². The van der Waals surface area contributed by atoms with Crippen LogP contribution in [0.1, 0.15) is 10.4 Å². The number of anilines is 1. The van der Waals surface area contributed by atoms with Gasteiger partial charge in [0.1, 0.15) is 5.75 Å². The summed E-state index contributed by atoms with van der Waals surface area (Å²) in [4.78, 5) is 16.2. The maximum Gasteiger partial charge on any atom is 0.387 e. The number of para-hydroxylation sites is 1. The second-order valence-electron chi connectivity index (χ2n) is 5.00. The average Bonchev–Trinajstić information content (AvgIpc) is 3.05. The molecule has 0 fully saturated rings. The number of aromatic nitrogens is 1. The van der Waals surface area contributed by atoms with Crippen LogP contribution in [0, 0.1) is 11.6 Å². The minimum absolute atomic E-state index is 0.0497. The molecule has 3 aromatic rings. The van der Waals surface area contributed by atoms with Crippen molar-refractivity contribution in [3.63, 3.8) is 0 Å². The van der Waals surface area contributed by atoms with Gasteiger partial charge in [-0.25, -0.2) is 13.8 Å². The number of benzene rings is 2. The second kappa shape index (κ2) is 7.52. The first-order valence-corrected chi connectivity index (χ1v) is 8.08. The van der Waals surface area contributed by atoms with Crippen LogP contribution in [0.5, 0.6) is 5.75 Å². The van der Waals surface area contributed by atoms with Gasteiger partial charge in [0.05, 0.1) is 5.69 Å². The van der Waals surface area contributed by atoms with Gasteiger partial charge in [-0.1, -0.05) is 12.1 Å². The van der Waals surface area contributed by atoms with Crippen molar-refractivity contribution in [3.8, 4) is 17.0 Å². The fraction of sp³-hybridized carbons (Fsp3) is 0.0588. The number of alkyl halides is 2. The number of carbonyl (C=O) groups is 1. The van der Waals surface area contributed by atoms with Gasteiger partial charge in [0.2, 0.25) is 0 Å². The van der Waals surface area contributed by atoms with Crippen molar-refractivity contribution in [2.75, 3.05) is 5.32 Å². The Morgan fingerprint density at radius 1 is 1.12 bits per heavy atom. The number of hydrogen-bond donors (Lipinski definition) is 1. The van der Waals surface area contributed by atoms with Crippen LogP contribution < -0.4 is 10.1 Å². The first kappa shape index (κ1) is 17.9. The first-order chi connectivity index (χ1) is 12.4. The molecule has 1 amide bonds. The zero-order chi connectivity index (χ0) is 18.7. The van der Waals surface area contributed by atoms with Crippen molar-refractivity contribution in [2.45, 2.75) is 6.61 Å². The van der Waals surface area contributed by atoms with Gasteiger partial charge >= 0.3 is 6.61 Å². The van der Waals surface area contributed by atoms with Crippen LogP contribution in [-0.4, -0.2) is 17.5 Å². The minimum Gasteiger partial charge on any atom is -0.434 e. The molecule has 4 nitrogen and oxygen atoms in total. The van der Waals surface area contributed by atoms with Gasteiger partial charge in [-0.05, 0) is 30.3 Å². The molecule has 0 saturated carbocycles. The Morgan fingerprint density at radius 2 is 1.88 bits per heavy atom. The molecule has 0 aliphatic carbocycles. The lowest BCUT2D eigenvalue weighted by molar-refractivity contribution is -0.0494. The standard InChI is InChI=1S/C17H10F4N2O2S/c18-11-6-5-9(7-12(11)19)15(24)23-17-22-13(8-26-17)10-3-1-2-4-14(10)25-16(20)21/h1-8,16H,(H,22,23,24). The molecule has 0 unspecified atom stereocenters. The third-order valence-corrected chi connectivity index (χ3v) is 4.04. The lowest BCUT2D eigenvalue weighted by atomic mass is 10.1. The molecule has 0 bridgehead atoms. The van der Waals surface area contributed by atoms with Crippen LogP contribution in [0.15, 0.2) is 47.8 Å². The summed E-state index contributed by atoms with van der Waals surface area (Å²) < 4.78 is 55.6. The summed E-state index contributed by atoms with van der Waals surface area (Å²) in [5, 5.41) is 4.16. The highest BCUT2D eigenvalue weighted by molar-refractivity contribution is 7.14. The van der Waals surface area contributed by atoms with Gasteiger partial charge in [-0.15, -0.1) is 11.3 Å². The third-order valence-electron chi connectivity index (χ3n) is 3.29. The van der Waals surface area contributed by atoms with E-state index in [2.05, 4.69) is 15.0 Å². The van der Waals surface area contributed by atoms with Crippen molar-refractivity contribution in [2.24, 2.45) is 0 Å². The number of amides is 1. The summed E-state index contributed by atoms with van der Waals surface area (Å²) in [5.41, 5.74) is 0.575. The number of nitrogens with zero attached hydrogens (tertiary/aromatic N) is 1. The average molecular weight is 382 g/mol. The van der Waals surface area contributed by atoms with Crippen LogP contribution in [0.4, 0.5) is 22.7 Å². The maximum atomic E-state index is 13.2. The molecule has 0 aliphatic rings. The molecule has 1 aromatic heterocycles. The maximum absolute atomic E-state index is 13.2. The van der Waals surface area contributed by atoms with E-state index in [1.807, 2.05) is 0 Å². The van der Waals surface area contributed by atoms with Crippen LogP contribution in [0.3, 0.4) is 0 Å². The monoisotopic (exact) mass is 382 g/mol. The Balaban J connectivity index is 1.80. The van der Waals surface area contributed by atoms with Crippen LogP contribution in [0.2, 0.25) is 0 Å². The van der Waals surface area contributed by atoms with E-state index in [-0.39, 0.29) is 16.4 Å². The van der Waals surface area contributed by atoms with E-state index in [0.29, 0.717) is 11.3 Å². The summed E-state index contributed by atoms with van der Waals surface area (Å²) >= 11 is 1.05. The van der Waals surface area contributed by atoms with Gasteiger partial charge in [-0.3, -0.25) is 10.1 Å². The summed E-state index contributed by atoms with van der Waals surface area (Å²) in [6.07, 6.45) is 0. The van der Waals surface area contributed by atoms with Gasteiger partial charge < -0.3 is 4.74 Å². The normalized spacial score (nSPS) is 10.8. The summed E-state index contributed by atoms with van der Waals surface area (Å²) in [7, 11) is 0. The second-order valence-corrected chi connectivity index (χ2v) is 5.85. The minimum atomic E-state index is -2.98. The summed E-state index contributed by atoms with van der Waals surface area (Å²) in [6.45, 7) is -2.98. The highest BCUT2D eigenvalue weighted by atomic mass is 32.1. The number of thiazole rings is 1. The molecule has 2 aromatic carbocycles. The first-order valence-electron chi connectivity index (χ1n) is 7.20. The van der Waals surface area contributed by atoms with Gasteiger partial charge in [-0.2, -0.15) is 8.78 Å². The van der Waals surface area contributed by atoms with Crippen molar-refractivity contribution in [3.05, 3.63) is 65.0 Å². The van der Waals surface area contributed by atoms with Crippen molar-refractivity contribution in [1.82, 2.24) is 4.98 Å². The van der Waals surface area contributed by atoms with Gasteiger partial charge in [0.25, 0.3) is 5.91 Å². The van der Waals surface area contributed by atoms with Crippen molar-refractivity contribution < 1.29 is 27.1 Å². The lowest BCUT2D eigenvalue weighted by Gasteiger charge is -2.08. The molecule has 26 heavy (non-hydrogen) atoms. The fourth-order valence-corrected chi connectivity index (χ4v) is 2.84. The molecule has 1 N–H and O–H groups in total. The number of halogens is 4. The quantitative estimate of drug-likeness (QED) is 0.636. The SMILES string of the molecule is O=C(Nc1nc(-c2ccccc2OC(F)F)cs1)c1ccc(F)c(F)c1. The number of nitrogens with one attached hydrogen (secondary N) is 1. The number of ether oxygens (including phenoxy) is 1. The Bertz CT molecular complexity index is 946. The summed E-state index contributed by atoms with van der Waals surface area (Å²) in [5.74, 6) is -2.93. The van der Waals surface area contributed by atoms with E-state index in [1.165, 1.54) is 6.07 Å². The molecule has 9 heteroatoms. The molecule has 3 rings (SSSR count). The molecule has 0 aliphatic heterocycles. The predicted octanol–water partition coefficient (Wildman–Crippen LogP) is 4.94. The Labute approximate surface area is 149 Å². The van der Waals surface area contributed by atoms with E-state index in [0.717, 1.165) is 29.5 Å². The van der Waals surface area contributed by atoms with Crippen LogP contribution >= 0.6 is 11.3 Å². The molecule has 0 saturated heterocycles. The van der Waals surface area contributed by atoms with Crippen LogP contribution in [-0.2, 0) is 0 Å². The van der Waals surface area contributed by atoms with E-state index in [1.54, 1.807) is 23.6 Å². The Morgan fingerprint density at radius 3 is 2.62 bits per heavy atom. The summed E-state index contributed by atoms with van der Waals surface area (Å²) in [6, 6.07) is 8.84. The topological polar surface area (TPSA) is 51.2 Å². The Hall–Kier alpha value is -2.94. The van der Waals surface area contributed by atoms with Crippen molar-refractivity contribution in [1.29, 1.82) is 0 Å². The Kier molecular flexibility index (Phi) is 5.17. The number of hydrogen-bond acceptors (Lipinski definition) is 4. The molecule has 0 radical (unpaired) electrons.